The number of hydrogen-bond donors (Lipinski definition) is 3. The van der Waals surface area contributed by atoms with Gasteiger partial charge in [0.05, 0.1) is 11.3 Å². The van der Waals surface area contributed by atoms with Crippen molar-refractivity contribution in [2.24, 2.45) is 10.7 Å². The number of nitrogens with zero attached hydrogens (tertiary/aromatic N) is 2. The molecule has 0 saturated heterocycles. The van der Waals surface area contributed by atoms with Gasteiger partial charge in [-0.3, -0.25) is 14.6 Å². The van der Waals surface area contributed by atoms with Gasteiger partial charge in [-0.15, -0.1) is 0 Å². The van der Waals surface area contributed by atoms with Crippen LogP contribution in [0, 0.1) is 0 Å². The average Bonchev–Trinajstić information content (AvgIpc) is 2.87. The van der Waals surface area contributed by atoms with Crippen molar-refractivity contribution in [2.45, 2.75) is 5.92 Å². The number of anilines is 1. The number of carbonyl (C=O) groups excluding carboxylic acids is 2. The predicted octanol–water partition coefficient (Wildman–Crippen LogP) is 1.32. The molecule has 1 aromatic carbocycles. The second-order valence-corrected chi connectivity index (χ2v) is 5.13. The average molecular weight is 324 g/mol. The smallest absolute Gasteiger partial charge is 0.337 e. The van der Waals surface area contributed by atoms with Gasteiger partial charge in [-0.2, -0.15) is 0 Å². The monoisotopic (exact) mass is 324 g/mol. The molecule has 0 fully saturated rings. The molecule has 120 valence electrons. The molecule has 1 aliphatic heterocycles. The van der Waals surface area contributed by atoms with Crippen LogP contribution in [0.3, 0.4) is 0 Å². The van der Waals surface area contributed by atoms with Crippen LogP contribution in [0.25, 0.3) is 0 Å². The van der Waals surface area contributed by atoms with Crippen molar-refractivity contribution in [2.75, 3.05) is 5.32 Å². The minimum atomic E-state index is -1.13. The molecule has 0 bridgehead atoms. The number of aromatic carboxylic acids is 1. The topological polar surface area (TPSA) is 135 Å². The molecule has 1 unspecified atom stereocenters. The molecule has 3 rings (SSSR count). The van der Waals surface area contributed by atoms with E-state index in [1.165, 1.54) is 24.5 Å². The number of carboxylic acid groups (broad SMARTS) is 1. The highest BCUT2D eigenvalue weighted by atomic mass is 16.4. The van der Waals surface area contributed by atoms with E-state index in [4.69, 9.17) is 10.8 Å². The van der Waals surface area contributed by atoms with Gasteiger partial charge in [0, 0.05) is 23.5 Å². The van der Waals surface area contributed by atoms with E-state index in [0.717, 1.165) is 0 Å². The number of primary amides is 1. The highest BCUT2D eigenvalue weighted by Crippen LogP contribution is 2.30. The molecule has 4 N–H and O–H groups in total. The Morgan fingerprint density at radius 2 is 2.08 bits per heavy atom. The third-order valence-electron chi connectivity index (χ3n) is 3.53. The normalized spacial score (nSPS) is 16.0. The summed E-state index contributed by atoms with van der Waals surface area (Å²) in [6.07, 6.45) is 2.56. The van der Waals surface area contributed by atoms with Gasteiger partial charge in [-0.05, 0) is 24.3 Å². The largest absolute Gasteiger partial charge is 0.478 e. The predicted molar refractivity (Wildman–Crippen MR) is 85.7 cm³/mol. The van der Waals surface area contributed by atoms with Crippen molar-refractivity contribution in [3.05, 3.63) is 53.2 Å². The van der Waals surface area contributed by atoms with E-state index in [2.05, 4.69) is 15.3 Å². The van der Waals surface area contributed by atoms with Crippen LogP contribution in [0.5, 0.6) is 0 Å². The Balaban J connectivity index is 1.92. The zero-order valence-electron chi connectivity index (χ0n) is 12.3. The molecule has 1 aromatic heterocycles. The molecule has 8 heteroatoms. The fourth-order valence-corrected chi connectivity index (χ4v) is 2.32. The second-order valence-electron chi connectivity index (χ2n) is 5.13. The summed E-state index contributed by atoms with van der Waals surface area (Å²) in [5.41, 5.74) is 6.39. The molecule has 24 heavy (non-hydrogen) atoms. The van der Waals surface area contributed by atoms with Gasteiger partial charge in [-0.1, -0.05) is 6.07 Å². The number of hydrogen-bond acceptors (Lipinski definition) is 5. The Morgan fingerprint density at radius 3 is 2.79 bits per heavy atom. The maximum atomic E-state index is 12.0. The maximum Gasteiger partial charge on any atom is 0.337 e. The zero-order chi connectivity index (χ0) is 17.3. The summed E-state index contributed by atoms with van der Waals surface area (Å²) in [7, 11) is 0. The van der Waals surface area contributed by atoms with Crippen molar-refractivity contribution in [3.63, 3.8) is 0 Å². The number of nitrogens with one attached hydrogen (secondary N) is 1. The molecule has 0 spiro atoms. The molecule has 8 nitrogen and oxygen atoms in total. The fourth-order valence-electron chi connectivity index (χ4n) is 2.32. The van der Waals surface area contributed by atoms with Gasteiger partial charge in [-0.25, -0.2) is 9.78 Å². The number of nitrogens with two attached hydrogens (primary N) is 1. The van der Waals surface area contributed by atoms with Crippen LogP contribution in [0.15, 0.2) is 41.5 Å². The van der Waals surface area contributed by atoms with E-state index in [1.54, 1.807) is 18.2 Å². The SMILES string of the molecule is NC(=O)c1cccc(N=CC2C(=O)Nc3ncc(C(=O)O)cc32)c1. The summed E-state index contributed by atoms with van der Waals surface area (Å²) in [6.45, 7) is 0. The first-order valence-corrected chi connectivity index (χ1v) is 6.94. The second kappa shape index (κ2) is 5.92. The quantitative estimate of drug-likeness (QED) is 0.729. The molecule has 0 radical (unpaired) electrons. The minimum Gasteiger partial charge on any atom is -0.478 e. The van der Waals surface area contributed by atoms with Gasteiger partial charge < -0.3 is 16.2 Å². The van der Waals surface area contributed by atoms with Crippen molar-refractivity contribution in [3.8, 4) is 0 Å². The van der Waals surface area contributed by atoms with Crippen LogP contribution >= 0.6 is 0 Å². The summed E-state index contributed by atoms with van der Waals surface area (Å²) < 4.78 is 0. The number of carbonyl (C=O) groups is 3. The molecule has 2 amide bonds. The van der Waals surface area contributed by atoms with E-state index in [1.807, 2.05) is 0 Å². The Kier molecular flexibility index (Phi) is 3.78. The zero-order valence-corrected chi connectivity index (χ0v) is 12.3. The third-order valence-corrected chi connectivity index (χ3v) is 3.53. The molecule has 1 aliphatic rings. The third kappa shape index (κ3) is 2.84. The van der Waals surface area contributed by atoms with Crippen LogP contribution in [0.2, 0.25) is 0 Å². The van der Waals surface area contributed by atoms with Gasteiger partial charge in [0.25, 0.3) is 0 Å². The lowest BCUT2D eigenvalue weighted by atomic mass is 10.0. The van der Waals surface area contributed by atoms with Gasteiger partial charge >= 0.3 is 5.97 Å². The van der Waals surface area contributed by atoms with Gasteiger partial charge in [0.2, 0.25) is 11.8 Å². The van der Waals surface area contributed by atoms with E-state index in [0.29, 0.717) is 22.6 Å². The highest BCUT2D eigenvalue weighted by Gasteiger charge is 2.31. The van der Waals surface area contributed by atoms with E-state index in [9.17, 15) is 14.4 Å². The molecule has 0 saturated carbocycles. The lowest BCUT2D eigenvalue weighted by molar-refractivity contribution is -0.115. The number of amides is 2. The van der Waals surface area contributed by atoms with Gasteiger partial charge in [0.1, 0.15) is 11.7 Å². The minimum absolute atomic E-state index is 0.0145. The Morgan fingerprint density at radius 1 is 1.29 bits per heavy atom. The van der Waals surface area contributed by atoms with Crippen molar-refractivity contribution in [1.29, 1.82) is 0 Å². The van der Waals surface area contributed by atoms with E-state index < -0.39 is 17.8 Å². The lowest BCUT2D eigenvalue weighted by Gasteiger charge is -2.03. The first-order chi connectivity index (χ1) is 11.5. The molecular weight excluding hydrogens is 312 g/mol. The number of rotatable bonds is 4. The lowest BCUT2D eigenvalue weighted by Crippen LogP contribution is -2.13. The van der Waals surface area contributed by atoms with E-state index in [-0.39, 0.29) is 11.5 Å². The van der Waals surface area contributed by atoms with Crippen LogP contribution in [-0.4, -0.2) is 34.1 Å². The Labute approximate surface area is 136 Å². The van der Waals surface area contributed by atoms with Crippen molar-refractivity contribution < 1.29 is 19.5 Å². The number of carboxylic acids is 1. The van der Waals surface area contributed by atoms with Gasteiger partial charge in [0.15, 0.2) is 0 Å². The molecule has 0 aliphatic carbocycles. The van der Waals surface area contributed by atoms with Crippen molar-refractivity contribution in [1.82, 2.24) is 4.98 Å². The highest BCUT2D eigenvalue weighted by molar-refractivity contribution is 6.12. The number of aliphatic imine (C=N–C) groups is 1. The summed E-state index contributed by atoms with van der Waals surface area (Å²) in [6, 6.07) is 7.72. The first kappa shape index (κ1) is 15.3. The van der Waals surface area contributed by atoms with Crippen LogP contribution in [0.1, 0.15) is 32.2 Å². The van der Waals surface area contributed by atoms with E-state index >= 15 is 0 Å². The number of pyridine rings is 1. The standard InChI is InChI=1S/C16H12N4O4/c17-13(21)8-2-1-3-10(4-8)18-7-12-11-5-9(16(23)24)6-19-14(11)20-15(12)22/h1-7,12H,(H2,17,21)(H,23,24)(H,19,20,22). The molecular formula is C16H12N4O4. The van der Waals surface area contributed by atoms with Crippen molar-refractivity contribution >= 4 is 35.5 Å². The van der Waals surface area contributed by atoms with Crippen LogP contribution in [0.4, 0.5) is 11.5 Å². The Bertz CT molecular complexity index is 891. The first-order valence-electron chi connectivity index (χ1n) is 6.94. The number of fused-ring (bicyclic) bond motifs is 1. The fraction of sp³-hybridized carbons (Fsp3) is 0.0625. The maximum absolute atomic E-state index is 12.0. The molecule has 2 heterocycles. The summed E-state index contributed by atoms with van der Waals surface area (Å²) in [5.74, 6) is -2.51. The number of benzene rings is 1. The van der Waals surface area contributed by atoms with Crippen LogP contribution < -0.4 is 11.1 Å². The summed E-state index contributed by atoms with van der Waals surface area (Å²) >= 11 is 0. The molecule has 2 aromatic rings. The summed E-state index contributed by atoms with van der Waals surface area (Å²) in [5, 5.41) is 11.6. The molecule has 1 atom stereocenters. The summed E-state index contributed by atoms with van der Waals surface area (Å²) in [4.78, 5) is 42.4. The number of aromatic nitrogens is 1. The Hall–Kier alpha value is -3.55. The van der Waals surface area contributed by atoms with Crippen LogP contribution in [-0.2, 0) is 4.79 Å².